The molecule has 78 valence electrons. The zero-order chi connectivity index (χ0) is 10.9. The number of furan rings is 1. The normalized spacial score (nSPS) is 24.1. The highest BCUT2D eigenvalue weighted by molar-refractivity contribution is 6.29. The second-order valence-corrected chi connectivity index (χ2v) is 4.07. The zero-order valence-corrected chi connectivity index (χ0v) is 8.56. The molecule has 0 amide bonds. The van der Waals surface area contributed by atoms with Crippen molar-refractivity contribution in [2.45, 2.75) is 31.6 Å². The van der Waals surface area contributed by atoms with E-state index >= 15 is 0 Å². The van der Waals surface area contributed by atoms with Crippen LogP contribution in [0, 0.1) is 0 Å². The lowest BCUT2D eigenvalue weighted by molar-refractivity contribution is -0.121. The van der Waals surface area contributed by atoms with E-state index in [1.807, 2.05) is 13.0 Å². The molecule has 15 heavy (non-hydrogen) atoms. The molecule has 1 aliphatic carbocycles. The lowest BCUT2D eigenvalue weighted by atomic mass is 9.73. The van der Waals surface area contributed by atoms with E-state index in [2.05, 4.69) is 4.79 Å². The molecule has 0 aliphatic heterocycles. The number of hydrogen-bond acceptors (Lipinski definition) is 2. The Labute approximate surface area is 87.5 Å². The van der Waals surface area contributed by atoms with Crippen LogP contribution in [0.3, 0.4) is 0 Å². The van der Waals surface area contributed by atoms with Crippen LogP contribution in [0.2, 0.25) is 0 Å². The van der Waals surface area contributed by atoms with Gasteiger partial charge in [-0.2, -0.15) is 4.79 Å². The average molecular weight is 204 g/mol. The molecule has 1 aliphatic rings. The smallest absolute Gasteiger partial charge is 0.324 e. The van der Waals surface area contributed by atoms with Crippen LogP contribution >= 0.6 is 0 Å². The molecule has 0 radical (unpaired) electrons. The Bertz CT molecular complexity index is 443. The zero-order valence-electron chi connectivity index (χ0n) is 8.56. The summed E-state index contributed by atoms with van der Waals surface area (Å²) >= 11 is 0. The number of fused-ring (bicyclic) bond motifs is 1. The van der Waals surface area contributed by atoms with Crippen molar-refractivity contribution in [3.63, 3.8) is 0 Å². The van der Waals surface area contributed by atoms with Gasteiger partial charge in [0, 0.05) is 0 Å². The van der Waals surface area contributed by atoms with E-state index in [1.165, 1.54) is 0 Å². The highest BCUT2D eigenvalue weighted by Crippen LogP contribution is 2.37. The maximum absolute atomic E-state index is 11.8. The van der Waals surface area contributed by atoms with Gasteiger partial charge < -0.3 is 9.95 Å². The molecule has 2 rings (SSSR count). The third-order valence-electron chi connectivity index (χ3n) is 3.09. The highest BCUT2D eigenvalue weighted by atomic mass is 16.3. The summed E-state index contributed by atoms with van der Waals surface area (Å²) in [6.07, 6.45) is 5.20. The van der Waals surface area contributed by atoms with Gasteiger partial charge in [0.05, 0.1) is 11.7 Å². The number of aryl methyl sites for hydroxylation is 1. The molecule has 1 atom stereocenters. The lowest BCUT2D eigenvalue weighted by Crippen LogP contribution is -2.36. The molecule has 0 fully saturated rings. The van der Waals surface area contributed by atoms with Gasteiger partial charge in [0.1, 0.15) is 5.76 Å². The summed E-state index contributed by atoms with van der Waals surface area (Å²) in [6.45, 7) is 1.83. The van der Waals surface area contributed by atoms with Crippen LogP contribution in [0.1, 0.15) is 31.1 Å². The maximum atomic E-state index is 11.8. The monoisotopic (exact) mass is 204 g/mol. The van der Waals surface area contributed by atoms with Crippen LogP contribution in [-0.2, 0) is 16.6 Å². The van der Waals surface area contributed by atoms with Crippen LogP contribution in [-0.4, -0.2) is 16.8 Å². The molecule has 1 aromatic rings. The van der Waals surface area contributed by atoms with E-state index in [-0.39, 0.29) is 5.78 Å². The van der Waals surface area contributed by atoms with Crippen molar-refractivity contribution < 1.29 is 14.0 Å². The number of carbonyl (C=O) groups excluding carboxylic acids is 1. The first-order valence-electron chi connectivity index (χ1n) is 4.97. The number of ketones is 1. The predicted molar refractivity (Wildman–Crippen MR) is 53.7 cm³/mol. The molecule has 1 aromatic heterocycles. The van der Waals surface area contributed by atoms with Gasteiger partial charge >= 0.3 is 6.21 Å². The largest absolute Gasteiger partial charge is 0.468 e. The Morgan fingerprint density at radius 1 is 1.73 bits per heavy atom. The summed E-state index contributed by atoms with van der Waals surface area (Å²) in [5.41, 5.74) is 8.82. The minimum absolute atomic E-state index is 0.207. The molecule has 4 nitrogen and oxygen atoms in total. The summed E-state index contributed by atoms with van der Waals surface area (Å²) in [5.74, 6) is 0.513. The van der Waals surface area contributed by atoms with E-state index in [4.69, 9.17) is 9.95 Å². The SMILES string of the molecule is CC1(C(=O)C=[N+]=[N-])CCCc2ccoc21. The third-order valence-corrected chi connectivity index (χ3v) is 3.09. The van der Waals surface area contributed by atoms with Gasteiger partial charge in [0.25, 0.3) is 0 Å². The van der Waals surface area contributed by atoms with E-state index in [9.17, 15) is 4.79 Å². The molecule has 1 heterocycles. The Morgan fingerprint density at radius 2 is 2.53 bits per heavy atom. The fourth-order valence-corrected chi connectivity index (χ4v) is 2.19. The van der Waals surface area contributed by atoms with Gasteiger partial charge in [0.15, 0.2) is 0 Å². The van der Waals surface area contributed by atoms with E-state index in [0.29, 0.717) is 0 Å². The molecule has 0 N–H and O–H groups in total. The van der Waals surface area contributed by atoms with Gasteiger partial charge in [-0.05, 0) is 37.8 Å². The lowest BCUT2D eigenvalue weighted by Gasteiger charge is -2.27. The molecule has 0 spiro atoms. The Kier molecular flexibility index (Phi) is 2.29. The van der Waals surface area contributed by atoms with Gasteiger partial charge in [-0.25, -0.2) is 0 Å². The summed E-state index contributed by atoms with van der Waals surface area (Å²) in [5, 5.41) is 0. The summed E-state index contributed by atoms with van der Waals surface area (Å²) < 4.78 is 5.37. The minimum atomic E-state index is -0.663. The minimum Gasteiger partial charge on any atom is -0.468 e. The predicted octanol–water partition coefficient (Wildman–Crippen LogP) is 1.74. The molecule has 0 bridgehead atoms. The number of nitrogens with zero attached hydrogens (tertiary/aromatic N) is 2. The number of carbonyl (C=O) groups is 1. The maximum Gasteiger partial charge on any atom is 0.324 e. The second kappa shape index (κ2) is 3.48. The molecule has 4 heteroatoms. The van der Waals surface area contributed by atoms with E-state index in [1.54, 1.807) is 6.26 Å². The van der Waals surface area contributed by atoms with E-state index in [0.717, 1.165) is 36.8 Å². The quantitative estimate of drug-likeness (QED) is 0.418. The Balaban J connectivity index is 2.47. The van der Waals surface area contributed by atoms with Crippen LogP contribution in [0.15, 0.2) is 16.7 Å². The van der Waals surface area contributed by atoms with Crippen molar-refractivity contribution in [3.8, 4) is 0 Å². The van der Waals surface area contributed by atoms with Crippen LogP contribution < -0.4 is 0 Å². The first-order chi connectivity index (χ1) is 7.18. The van der Waals surface area contributed by atoms with Gasteiger partial charge in [-0.3, -0.25) is 4.79 Å². The van der Waals surface area contributed by atoms with Gasteiger partial charge in [-0.1, -0.05) is 0 Å². The van der Waals surface area contributed by atoms with Crippen molar-refractivity contribution >= 4 is 12.0 Å². The van der Waals surface area contributed by atoms with Crippen molar-refractivity contribution in [3.05, 3.63) is 29.2 Å². The molecular formula is C11H12N2O2. The van der Waals surface area contributed by atoms with Crippen molar-refractivity contribution in [1.82, 2.24) is 0 Å². The number of Topliss-reactive ketones (excluding diaryl/α,β-unsaturated/α-hetero) is 1. The van der Waals surface area contributed by atoms with Gasteiger partial charge in [0.2, 0.25) is 5.78 Å². The van der Waals surface area contributed by atoms with Crippen molar-refractivity contribution in [2.75, 3.05) is 0 Å². The number of hydrogen-bond donors (Lipinski definition) is 0. The standard InChI is InChI=1S/C11H12N2O2/c1-11(9(14)7-13-12)5-2-3-8-4-6-15-10(8)11/h4,6-7H,2-3,5H2,1H3. The second-order valence-electron chi connectivity index (χ2n) is 4.07. The molecular weight excluding hydrogens is 192 g/mol. The first kappa shape index (κ1) is 9.87. The van der Waals surface area contributed by atoms with Crippen molar-refractivity contribution in [2.24, 2.45) is 0 Å². The van der Waals surface area contributed by atoms with E-state index < -0.39 is 5.41 Å². The highest BCUT2D eigenvalue weighted by Gasteiger charge is 2.42. The van der Waals surface area contributed by atoms with Crippen molar-refractivity contribution in [1.29, 1.82) is 0 Å². The molecule has 1 unspecified atom stereocenters. The summed E-state index contributed by atoms with van der Waals surface area (Å²) in [4.78, 5) is 14.6. The average Bonchev–Trinajstić information content (AvgIpc) is 2.68. The number of rotatable bonds is 2. The Morgan fingerprint density at radius 3 is 3.27 bits per heavy atom. The fraction of sp³-hybridized carbons (Fsp3) is 0.455. The van der Waals surface area contributed by atoms with Crippen LogP contribution in [0.5, 0.6) is 0 Å². The first-order valence-corrected chi connectivity index (χ1v) is 4.97. The molecule has 0 aromatic carbocycles. The van der Waals surface area contributed by atoms with Crippen LogP contribution in [0.4, 0.5) is 0 Å². The Hall–Kier alpha value is -1.67. The summed E-state index contributed by atoms with van der Waals surface area (Å²) in [6, 6.07) is 1.90. The third kappa shape index (κ3) is 1.43. The summed E-state index contributed by atoms with van der Waals surface area (Å²) in [7, 11) is 0. The van der Waals surface area contributed by atoms with Crippen LogP contribution in [0.25, 0.3) is 5.53 Å². The molecule has 0 saturated carbocycles. The topological polar surface area (TPSA) is 66.6 Å². The molecule has 0 saturated heterocycles. The fourth-order valence-electron chi connectivity index (χ4n) is 2.19. The van der Waals surface area contributed by atoms with Gasteiger partial charge in [-0.15, -0.1) is 0 Å².